The van der Waals surface area contributed by atoms with Gasteiger partial charge >= 0.3 is 0 Å². The van der Waals surface area contributed by atoms with E-state index in [1.54, 1.807) is 21.8 Å². The molecule has 0 radical (unpaired) electrons. The lowest BCUT2D eigenvalue weighted by atomic mass is 10.0. The highest BCUT2D eigenvalue weighted by molar-refractivity contribution is 7.89. The number of anilines is 1. The number of hydrogen-bond acceptors (Lipinski definition) is 6. The third kappa shape index (κ3) is 3.88. The van der Waals surface area contributed by atoms with Crippen molar-refractivity contribution in [2.24, 2.45) is 0 Å². The van der Waals surface area contributed by atoms with Crippen molar-refractivity contribution in [3.05, 3.63) is 66.3 Å². The minimum absolute atomic E-state index is 0.0709. The van der Waals surface area contributed by atoms with Crippen LogP contribution in [0.2, 0.25) is 0 Å². The van der Waals surface area contributed by atoms with Gasteiger partial charge in [0.1, 0.15) is 4.90 Å². The summed E-state index contributed by atoms with van der Waals surface area (Å²) >= 11 is 1.79. The molecule has 0 bridgehead atoms. The van der Waals surface area contributed by atoms with Gasteiger partial charge in [-0.2, -0.15) is 4.31 Å². The van der Waals surface area contributed by atoms with Gasteiger partial charge in [-0.1, -0.05) is 30.3 Å². The fourth-order valence-electron chi connectivity index (χ4n) is 5.24. The molecular weight excluding hydrogens is 464 g/mol. The molecular formula is C26H28N4O2S2. The Kier molecular flexibility index (Phi) is 5.77. The molecule has 0 spiro atoms. The van der Waals surface area contributed by atoms with E-state index in [0.29, 0.717) is 11.4 Å². The normalized spacial score (nSPS) is 20.1. The highest BCUT2D eigenvalue weighted by Gasteiger charge is 2.39. The monoisotopic (exact) mass is 492 g/mol. The molecule has 6 rings (SSSR count). The molecule has 0 saturated carbocycles. The summed E-state index contributed by atoms with van der Waals surface area (Å²) in [5.74, 6) is 0. The van der Waals surface area contributed by atoms with Crippen LogP contribution < -0.4 is 4.90 Å². The average Bonchev–Trinajstić information content (AvgIpc) is 3.32. The summed E-state index contributed by atoms with van der Waals surface area (Å²) in [6.45, 7) is 5.54. The van der Waals surface area contributed by atoms with Gasteiger partial charge in [-0.05, 0) is 43.0 Å². The number of aromatic nitrogens is 1. The topological polar surface area (TPSA) is 56.8 Å². The molecule has 8 heteroatoms. The average molecular weight is 493 g/mol. The van der Waals surface area contributed by atoms with Crippen molar-refractivity contribution in [2.75, 3.05) is 44.2 Å². The van der Waals surface area contributed by atoms with Gasteiger partial charge in [-0.25, -0.2) is 8.42 Å². The van der Waals surface area contributed by atoms with E-state index >= 15 is 0 Å². The van der Waals surface area contributed by atoms with Crippen LogP contribution in [0.25, 0.3) is 20.9 Å². The molecule has 0 aliphatic carbocycles. The largest absolute Gasteiger partial charge is 0.368 e. The highest BCUT2D eigenvalue weighted by atomic mass is 32.2. The summed E-state index contributed by atoms with van der Waals surface area (Å²) in [5.41, 5.74) is 1.33. The molecule has 176 valence electrons. The van der Waals surface area contributed by atoms with E-state index < -0.39 is 10.0 Å². The smallest absolute Gasteiger partial charge is 0.245 e. The van der Waals surface area contributed by atoms with Crippen LogP contribution in [0.15, 0.2) is 71.2 Å². The molecule has 2 aromatic carbocycles. The number of fused-ring (bicyclic) bond motifs is 2. The van der Waals surface area contributed by atoms with Crippen LogP contribution in [-0.2, 0) is 10.0 Å². The predicted octanol–water partition coefficient (Wildman–Crippen LogP) is 4.42. The number of benzene rings is 2. The molecule has 34 heavy (non-hydrogen) atoms. The second-order valence-corrected chi connectivity index (χ2v) is 12.0. The number of rotatable bonds is 6. The van der Waals surface area contributed by atoms with Gasteiger partial charge in [0, 0.05) is 77.7 Å². The lowest BCUT2D eigenvalue weighted by Crippen LogP contribution is -2.53. The summed E-state index contributed by atoms with van der Waals surface area (Å²) in [4.78, 5) is 9.48. The zero-order valence-corrected chi connectivity index (χ0v) is 20.6. The summed E-state index contributed by atoms with van der Waals surface area (Å²) in [7, 11) is -3.55. The van der Waals surface area contributed by atoms with Gasteiger partial charge < -0.3 is 4.90 Å². The summed E-state index contributed by atoms with van der Waals surface area (Å²) in [5, 5.41) is 5.12. The Hall–Kier alpha value is -2.52. The van der Waals surface area contributed by atoms with E-state index in [2.05, 4.69) is 44.4 Å². The van der Waals surface area contributed by atoms with Crippen LogP contribution in [0.1, 0.15) is 12.8 Å². The Bertz CT molecular complexity index is 1420. The Balaban J connectivity index is 1.08. The predicted molar refractivity (Wildman–Crippen MR) is 139 cm³/mol. The first-order valence-electron chi connectivity index (χ1n) is 11.9. The minimum atomic E-state index is -3.55. The first-order valence-corrected chi connectivity index (χ1v) is 14.2. The van der Waals surface area contributed by atoms with E-state index in [1.165, 1.54) is 22.0 Å². The molecule has 2 fully saturated rings. The summed E-state index contributed by atoms with van der Waals surface area (Å²) < 4.78 is 29.9. The molecule has 6 nitrogen and oxygen atoms in total. The van der Waals surface area contributed by atoms with Crippen molar-refractivity contribution in [1.82, 2.24) is 14.2 Å². The van der Waals surface area contributed by atoms with Crippen molar-refractivity contribution in [3.63, 3.8) is 0 Å². The number of thiophene rings is 1. The molecule has 4 aromatic rings. The second kappa shape index (κ2) is 8.92. The van der Waals surface area contributed by atoms with Crippen LogP contribution in [0, 0.1) is 0 Å². The number of hydrogen-bond donors (Lipinski definition) is 0. The standard InChI is InChI=1S/C26H28N4O2S2/c31-34(32,26-19-27-18-20-4-1-2-5-22(20)26)30-12-9-21(30)8-11-28-13-15-29(16-14-28)24-6-3-7-25-23(24)10-17-33-25/h1-7,10,17-19,21H,8-9,11-16H2/t21-/m0/s1. The van der Waals surface area contributed by atoms with E-state index in [9.17, 15) is 8.42 Å². The first kappa shape index (κ1) is 22.0. The van der Waals surface area contributed by atoms with Crippen LogP contribution in [0.5, 0.6) is 0 Å². The fraction of sp³-hybridized carbons (Fsp3) is 0.346. The van der Waals surface area contributed by atoms with Crippen molar-refractivity contribution in [1.29, 1.82) is 0 Å². The lowest BCUT2D eigenvalue weighted by molar-refractivity contribution is 0.157. The Morgan fingerprint density at radius 3 is 2.59 bits per heavy atom. The second-order valence-electron chi connectivity index (χ2n) is 9.14. The zero-order valence-electron chi connectivity index (χ0n) is 19.0. The Morgan fingerprint density at radius 2 is 1.76 bits per heavy atom. The highest BCUT2D eigenvalue weighted by Crippen LogP contribution is 2.33. The van der Waals surface area contributed by atoms with Gasteiger partial charge in [0.2, 0.25) is 10.0 Å². The molecule has 4 heterocycles. The first-order chi connectivity index (χ1) is 16.6. The molecule has 2 saturated heterocycles. The number of sulfonamides is 1. The zero-order chi connectivity index (χ0) is 23.1. The van der Waals surface area contributed by atoms with Crippen LogP contribution in [0.3, 0.4) is 0 Å². The third-order valence-electron chi connectivity index (χ3n) is 7.27. The molecule has 0 N–H and O–H groups in total. The SMILES string of the molecule is O=S(=O)(c1cncc2ccccc12)N1CC[C@@H]1CCN1CCN(c2cccc3sccc23)CC1. The molecule has 2 aliphatic rings. The van der Waals surface area contributed by atoms with Gasteiger partial charge in [-0.15, -0.1) is 11.3 Å². The Labute approximate surface area is 204 Å². The van der Waals surface area contributed by atoms with E-state index in [1.807, 2.05) is 24.3 Å². The van der Waals surface area contributed by atoms with Crippen molar-refractivity contribution < 1.29 is 8.42 Å². The lowest BCUT2D eigenvalue weighted by Gasteiger charge is -2.42. The van der Waals surface area contributed by atoms with Crippen molar-refractivity contribution >= 4 is 47.9 Å². The number of piperazine rings is 1. The summed E-state index contributed by atoms with van der Waals surface area (Å²) in [6.07, 6.45) is 5.02. The van der Waals surface area contributed by atoms with Crippen molar-refractivity contribution in [2.45, 2.75) is 23.8 Å². The van der Waals surface area contributed by atoms with Gasteiger partial charge in [-0.3, -0.25) is 9.88 Å². The maximum Gasteiger partial charge on any atom is 0.245 e. The van der Waals surface area contributed by atoms with Gasteiger partial charge in [0.15, 0.2) is 0 Å². The van der Waals surface area contributed by atoms with E-state index in [4.69, 9.17) is 0 Å². The quantitative estimate of drug-likeness (QED) is 0.399. The summed E-state index contributed by atoms with van der Waals surface area (Å²) in [6, 6.07) is 16.4. The maximum absolute atomic E-state index is 13.4. The number of nitrogens with zero attached hydrogens (tertiary/aromatic N) is 4. The molecule has 2 aromatic heterocycles. The molecule has 2 aliphatic heterocycles. The van der Waals surface area contributed by atoms with Crippen LogP contribution >= 0.6 is 11.3 Å². The van der Waals surface area contributed by atoms with Crippen LogP contribution in [-0.4, -0.2) is 67.9 Å². The van der Waals surface area contributed by atoms with Gasteiger partial charge in [0.05, 0.1) is 0 Å². The van der Waals surface area contributed by atoms with Gasteiger partial charge in [0.25, 0.3) is 0 Å². The Morgan fingerprint density at radius 1 is 0.912 bits per heavy atom. The van der Waals surface area contributed by atoms with Crippen molar-refractivity contribution in [3.8, 4) is 0 Å². The van der Waals surface area contributed by atoms with Crippen LogP contribution in [0.4, 0.5) is 5.69 Å². The molecule has 0 amide bonds. The number of pyridine rings is 1. The van der Waals surface area contributed by atoms with E-state index in [0.717, 1.165) is 56.3 Å². The molecule has 1 atom stereocenters. The van der Waals surface area contributed by atoms with E-state index in [-0.39, 0.29) is 6.04 Å². The maximum atomic E-state index is 13.4. The third-order valence-corrected chi connectivity index (χ3v) is 10.1. The fourth-order valence-corrected chi connectivity index (χ4v) is 7.91. The molecule has 0 unspecified atom stereocenters. The minimum Gasteiger partial charge on any atom is -0.368 e.